The van der Waals surface area contributed by atoms with Crippen molar-refractivity contribution in [2.75, 3.05) is 26.1 Å². The number of hydrogen-bond acceptors (Lipinski definition) is 4. The first kappa shape index (κ1) is 17.1. The fourth-order valence-corrected chi connectivity index (χ4v) is 2.96. The molecule has 0 atom stereocenters. The molecule has 1 aromatic heterocycles. The third kappa shape index (κ3) is 4.39. The average Bonchev–Trinajstić information content (AvgIpc) is 3.07. The lowest BCUT2D eigenvalue weighted by Gasteiger charge is -2.23. The number of rotatable bonds is 7. The molecule has 0 unspecified atom stereocenters. The Hall–Kier alpha value is -2.21. The summed E-state index contributed by atoms with van der Waals surface area (Å²) in [7, 11) is 3.13. The number of para-hydroxylation sites is 1. The van der Waals surface area contributed by atoms with Crippen molar-refractivity contribution < 1.29 is 14.3 Å². The summed E-state index contributed by atoms with van der Waals surface area (Å²) < 4.78 is 10.6. The number of amides is 2. The maximum absolute atomic E-state index is 12.6. The predicted octanol–water partition coefficient (Wildman–Crippen LogP) is 4.21. The topological polar surface area (TPSA) is 50.8 Å². The predicted molar refractivity (Wildman–Crippen MR) is 93.6 cm³/mol. The third-order valence-corrected chi connectivity index (χ3v) is 4.11. The number of carbonyl (C=O) groups excluding carboxylic acids is 1. The van der Waals surface area contributed by atoms with Crippen LogP contribution in [0.3, 0.4) is 0 Å². The summed E-state index contributed by atoms with van der Waals surface area (Å²) in [4.78, 5) is 14.4. The van der Waals surface area contributed by atoms with E-state index < -0.39 is 0 Å². The molecule has 0 aliphatic heterocycles. The van der Waals surface area contributed by atoms with Gasteiger partial charge in [-0.15, -0.1) is 0 Å². The van der Waals surface area contributed by atoms with Crippen molar-refractivity contribution in [2.24, 2.45) is 0 Å². The second-order valence-corrected chi connectivity index (χ2v) is 5.80. The highest BCUT2D eigenvalue weighted by molar-refractivity contribution is 7.07. The fourth-order valence-electron chi connectivity index (χ4n) is 2.31. The van der Waals surface area contributed by atoms with E-state index in [-0.39, 0.29) is 6.03 Å². The largest absolute Gasteiger partial charge is 0.493 e. The van der Waals surface area contributed by atoms with Gasteiger partial charge in [0.1, 0.15) is 0 Å². The van der Waals surface area contributed by atoms with Crippen molar-refractivity contribution in [3.63, 3.8) is 0 Å². The maximum atomic E-state index is 12.6. The molecular formula is C17H22N2O3S. The van der Waals surface area contributed by atoms with E-state index in [1.165, 1.54) is 0 Å². The van der Waals surface area contributed by atoms with Gasteiger partial charge in [-0.2, -0.15) is 11.3 Å². The van der Waals surface area contributed by atoms with E-state index >= 15 is 0 Å². The number of methoxy groups -OCH3 is 2. The van der Waals surface area contributed by atoms with Crippen LogP contribution in [0.4, 0.5) is 10.5 Å². The van der Waals surface area contributed by atoms with Gasteiger partial charge in [-0.05, 0) is 40.9 Å². The zero-order valence-electron chi connectivity index (χ0n) is 13.7. The highest BCUT2D eigenvalue weighted by Crippen LogP contribution is 2.34. The number of ether oxygens (including phenoxy) is 2. The van der Waals surface area contributed by atoms with E-state index in [0.29, 0.717) is 30.3 Å². The molecule has 0 aliphatic rings. The smallest absolute Gasteiger partial charge is 0.322 e. The molecule has 2 rings (SSSR count). The van der Waals surface area contributed by atoms with E-state index in [1.807, 2.05) is 17.5 Å². The van der Waals surface area contributed by atoms with Crippen LogP contribution in [0.15, 0.2) is 35.0 Å². The van der Waals surface area contributed by atoms with Crippen molar-refractivity contribution >= 4 is 23.1 Å². The zero-order valence-corrected chi connectivity index (χ0v) is 14.5. The van der Waals surface area contributed by atoms with Gasteiger partial charge in [0.2, 0.25) is 0 Å². The molecule has 23 heavy (non-hydrogen) atoms. The number of hydrogen-bond donors (Lipinski definition) is 1. The molecule has 5 nitrogen and oxygen atoms in total. The summed E-state index contributed by atoms with van der Waals surface area (Å²) in [5.74, 6) is 1.11. The molecule has 124 valence electrons. The molecule has 2 amide bonds. The van der Waals surface area contributed by atoms with Crippen molar-refractivity contribution in [2.45, 2.75) is 19.9 Å². The van der Waals surface area contributed by atoms with Crippen molar-refractivity contribution in [3.8, 4) is 11.5 Å². The summed E-state index contributed by atoms with van der Waals surface area (Å²) in [6.07, 6.45) is 0.896. The van der Waals surface area contributed by atoms with Crippen LogP contribution in [0.25, 0.3) is 0 Å². The van der Waals surface area contributed by atoms with Crippen LogP contribution in [0.2, 0.25) is 0 Å². The van der Waals surface area contributed by atoms with E-state index in [1.54, 1.807) is 42.6 Å². The Balaban J connectivity index is 2.15. The molecule has 0 saturated carbocycles. The molecule has 0 spiro atoms. The van der Waals surface area contributed by atoms with E-state index in [0.717, 1.165) is 12.0 Å². The van der Waals surface area contributed by atoms with Gasteiger partial charge in [-0.25, -0.2) is 4.79 Å². The first-order valence-electron chi connectivity index (χ1n) is 7.47. The van der Waals surface area contributed by atoms with Crippen molar-refractivity contribution in [3.05, 3.63) is 40.6 Å². The molecule has 0 aliphatic carbocycles. The molecule has 0 radical (unpaired) electrons. The lowest BCUT2D eigenvalue weighted by atomic mass is 10.2. The highest BCUT2D eigenvalue weighted by Gasteiger charge is 2.17. The van der Waals surface area contributed by atoms with Crippen LogP contribution in [0, 0.1) is 0 Å². The third-order valence-electron chi connectivity index (χ3n) is 3.38. The van der Waals surface area contributed by atoms with Crippen LogP contribution >= 0.6 is 11.3 Å². The minimum atomic E-state index is -0.149. The summed E-state index contributed by atoms with van der Waals surface area (Å²) in [5, 5.41) is 6.99. The minimum Gasteiger partial charge on any atom is -0.493 e. The van der Waals surface area contributed by atoms with Crippen LogP contribution < -0.4 is 14.8 Å². The Kier molecular flexibility index (Phi) is 6.29. The number of urea groups is 1. The van der Waals surface area contributed by atoms with Crippen LogP contribution in [-0.2, 0) is 6.54 Å². The standard InChI is InChI=1S/C17H22N2O3S/c1-4-9-19(11-13-8-10-23-12-13)17(20)18-14-6-5-7-15(21-2)16(14)22-3/h5-8,10,12H,4,9,11H2,1-3H3,(H,18,20). The number of nitrogens with zero attached hydrogens (tertiary/aromatic N) is 1. The summed E-state index contributed by atoms with van der Waals surface area (Å²) in [6.45, 7) is 3.34. The van der Waals surface area contributed by atoms with Crippen molar-refractivity contribution in [1.82, 2.24) is 4.90 Å². The first-order valence-corrected chi connectivity index (χ1v) is 8.41. The SMILES string of the molecule is CCCN(Cc1ccsc1)C(=O)Nc1cccc(OC)c1OC. The Morgan fingerprint density at radius 2 is 2.09 bits per heavy atom. The van der Waals surface area contributed by atoms with Gasteiger partial charge in [0.05, 0.1) is 19.9 Å². The fraction of sp³-hybridized carbons (Fsp3) is 0.353. The molecule has 1 aromatic carbocycles. The Morgan fingerprint density at radius 1 is 1.26 bits per heavy atom. The molecule has 0 bridgehead atoms. The summed E-state index contributed by atoms with van der Waals surface area (Å²) in [6, 6.07) is 7.30. The van der Waals surface area contributed by atoms with Crippen molar-refractivity contribution in [1.29, 1.82) is 0 Å². The molecule has 6 heteroatoms. The van der Waals surface area contributed by atoms with E-state index in [4.69, 9.17) is 9.47 Å². The molecular weight excluding hydrogens is 312 g/mol. The van der Waals surface area contributed by atoms with Gasteiger partial charge < -0.3 is 19.7 Å². The van der Waals surface area contributed by atoms with Gasteiger partial charge in [0.15, 0.2) is 11.5 Å². The average molecular weight is 334 g/mol. The van der Waals surface area contributed by atoms with Gasteiger partial charge in [-0.3, -0.25) is 0 Å². The van der Waals surface area contributed by atoms with Gasteiger partial charge in [-0.1, -0.05) is 13.0 Å². The number of carbonyl (C=O) groups is 1. The number of nitrogens with one attached hydrogen (secondary N) is 1. The molecule has 0 saturated heterocycles. The maximum Gasteiger partial charge on any atom is 0.322 e. The second kappa shape index (κ2) is 8.43. The van der Waals surface area contributed by atoms with Gasteiger partial charge >= 0.3 is 6.03 Å². The van der Waals surface area contributed by atoms with E-state index in [9.17, 15) is 4.79 Å². The van der Waals surface area contributed by atoms with Crippen LogP contribution in [-0.4, -0.2) is 31.7 Å². The summed E-state index contributed by atoms with van der Waals surface area (Å²) >= 11 is 1.63. The van der Waals surface area contributed by atoms with E-state index in [2.05, 4.69) is 17.6 Å². The number of thiophene rings is 1. The first-order chi connectivity index (χ1) is 11.2. The Labute approximate surface area is 140 Å². The zero-order chi connectivity index (χ0) is 16.7. The molecule has 1 N–H and O–H groups in total. The minimum absolute atomic E-state index is 0.149. The van der Waals surface area contributed by atoms with Crippen LogP contribution in [0.5, 0.6) is 11.5 Å². The monoisotopic (exact) mass is 334 g/mol. The Morgan fingerprint density at radius 3 is 2.70 bits per heavy atom. The highest BCUT2D eigenvalue weighted by atomic mass is 32.1. The quantitative estimate of drug-likeness (QED) is 0.825. The molecule has 1 heterocycles. The Bertz CT molecular complexity index is 629. The second-order valence-electron chi connectivity index (χ2n) is 5.02. The lowest BCUT2D eigenvalue weighted by molar-refractivity contribution is 0.209. The van der Waals surface area contributed by atoms with Gasteiger partial charge in [0.25, 0.3) is 0 Å². The van der Waals surface area contributed by atoms with Gasteiger partial charge in [0, 0.05) is 13.1 Å². The lowest BCUT2D eigenvalue weighted by Crippen LogP contribution is -2.35. The summed E-state index contributed by atoms with van der Waals surface area (Å²) in [5.41, 5.74) is 1.74. The number of anilines is 1. The molecule has 2 aromatic rings. The number of benzene rings is 1. The normalized spacial score (nSPS) is 10.2. The van der Waals surface area contributed by atoms with Crippen LogP contribution in [0.1, 0.15) is 18.9 Å². The molecule has 0 fully saturated rings.